The van der Waals surface area contributed by atoms with E-state index in [1.165, 1.54) is 37.1 Å². The average molecular weight is 411 g/mol. The Morgan fingerprint density at radius 3 is 2.21 bits per heavy atom. The SMILES string of the molecule is CC1(C)C2CC3(C(=S)N4CC[C@H](N)C(C)(C)C4)CC1CC(c1ccccc1)(C2)C3. The van der Waals surface area contributed by atoms with Crippen molar-refractivity contribution in [2.75, 3.05) is 13.1 Å². The Morgan fingerprint density at radius 2 is 1.62 bits per heavy atom. The molecule has 0 aromatic heterocycles. The molecule has 0 spiro atoms. The van der Waals surface area contributed by atoms with Crippen LogP contribution >= 0.6 is 12.2 Å². The first-order valence-corrected chi connectivity index (χ1v) is 12.1. The van der Waals surface area contributed by atoms with Crippen LogP contribution in [-0.4, -0.2) is 29.0 Å². The highest BCUT2D eigenvalue weighted by atomic mass is 32.1. The lowest BCUT2D eigenvalue weighted by atomic mass is 9.36. The number of thiocarbonyl (C=S) groups is 1. The Balaban J connectivity index is 1.51. The van der Waals surface area contributed by atoms with Gasteiger partial charge in [0.05, 0.1) is 4.99 Å². The first-order chi connectivity index (χ1) is 13.6. The Morgan fingerprint density at radius 1 is 1.00 bits per heavy atom. The average Bonchev–Trinajstić information content (AvgIpc) is 2.68. The molecular weight excluding hydrogens is 372 g/mol. The second-order valence-electron chi connectivity index (χ2n) is 12.2. The fourth-order valence-corrected chi connectivity index (χ4v) is 8.18. The lowest BCUT2D eigenvalue weighted by Crippen LogP contribution is -2.65. The Kier molecular flexibility index (Phi) is 4.34. The van der Waals surface area contributed by atoms with Crippen LogP contribution in [0.15, 0.2) is 30.3 Å². The molecule has 0 radical (unpaired) electrons. The fraction of sp³-hybridized carbons (Fsp3) is 0.731. The lowest BCUT2D eigenvalue weighted by Gasteiger charge is -2.69. The van der Waals surface area contributed by atoms with Gasteiger partial charge in [-0.25, -0.2) is 0 Å². The molecule has 3 atom stereocenters. The minimum absolute atomic E-state index is 0.140. The maximum atomic E-state index is 6.44. The monoisotopic (exact) mass is 410 g/mol. The van der Waals surface area contributed by atoms with E-state index in [-0.39, 0.29) is 16.9 Å². The van der Waals surface area contributed by atoms with E-state index in [1.807, 2.05) is 0 Å². The van der Waals surface area contributed by atoms with Crippen molar-refractivity contribution in [1.82, 2.24) is 4.90 Å². The lowest BCUT2D eigenvalue weighted by molar-refractivity contribution is -0.127. The zero-order valence-electron chi connectivity index (χ0n) is 18.7. The molecule has 6 rings (SSSR count). The number of nitrogens with two attached hydrogens (primary N) is 1. The third-order valence-electron chi connectivity index (χ3n) is 9.77. The quantitative estimate of drug-likeness (QED) is 0.648. The summed E-state index contributed by atoms with van der Waals surface area (Å²) in [5.74, 6) is 1.56. The predicted octanol–water partition coefficient (Wildman–Crippen LogP) is 5.55. The van der Waals surface area contributed by atoms with E-state index in [1.54, 1.807) is 5.56 Å². The summed E-state index contributed by atoms with van der Waals surface area (Å²) in [7, 11) is 0. The maximum Gasteiger partial charge on any atom is 0.0842 e. The van der Waals surface area contributed by atoms with Gasteiger partial charge in [-0.2, -0.15) is 0 Å². The van der Waals surface area contributed by atoms with Gasteiger partial charge in [-0.15, -0.1) is 0 Å². The third-order valence-corrected chi connectivity index (χ3v) is 10.5. The Labute approximate surface area is 182 Å². The Hall–Kier alpha value is -0.930. The zero-order chi connectivity index (χ0) is 20.7. The minimum atomic E-state index is 0.140. The number of rotatable bonds is 2. The van der Waals surface area contributed by atoms with Crippen molar-refractivity contribution in [3.8, 4) is 0 Å². The molecule has 1 aromatic carbocycles. The van der Waals surface area contributed by atoms with Crippen LogP contribution in [0.25, 0.3) is 0 Å². The van der Waals surface area contributed by atoms with Gasteiger partial charge in [0.15, 0.2) is 0 Å². The van der Waals surface area contributed by atoms with Crippen LogP contribution in [0, 0.1) is 28.1 Å². The molecule has 2 nitrogen and oxygen atoms in total. The van der Waals surface area contributed by atoms with Crippen molar-refractivity contribution in [3.05, 3.63) is 35.9 Å². The third kappa shape index (κ3) is 2.86. The molecule has 4 saturated carbocycles. The molecule has 3 heteroatoms. The minimum Gasteiger partial charge on any atom is -0.365 e. The maximum absolute atomic E-state index is 6.44. The van der Waals surface area contributed by atoms with Crippen LogP contribution < -0.4 is 5.73 Å². The van der Waals surface area contributed by atoms with E-state index in [2.05, 4.69) is 62.9 Å². The van der Waals surface area contributed by atoms with Gasteiger partial charge in [-0.3, -0.25) is 0 Å². The molecule has 5 aliphatic rings. The molecule has 4 aliphatic carbocycles. The summed E-state index contributed by atoms with van der Waals surface area (Å²) in [6, 6.07) is 11.7. The summed E-state index contributed by atoms with van der Waals surface area (Å²) in [5.41, 5.74) is 9.14. The van der Waals surface area contributed by atoms with Gasteiger partial charge in [0.25, 0.3) is 0 Å². The summed E-state index contributed by atoms with van der Waals surface area (Å²) >= 11 is 6.37. The second-order valence-corrected chi connectivity index (χ2v) is 12.6. The predicted molar refractivity (Wildman–Crippen MR) is 125 cm³/mol. The summed E-state index contributed by atoms with van der Waals surface area (Å²) in [6.45, 7) is 11.8. The standard InChI is InChI=1S/C26H38N2S/c1-23(2)17-28(11-10-21(23)27)22(29)26-14-19-12-25(16-26,18-8-6-5-7-9-18)13-20(15-26)24(19,3)4/h5-9,19-21H,10-17,27H2,1-4H3/t19?,20?,21-,25?,26?/m0/s1. The van der Waals surface area contributed by atoms with E-state index < -0.39 is 0 Å². The highest BCUT2D eigenvalue weighted by Gasteiger charge is 2.65. The summed E-state index contributed by atoms with van der Waals surface area (Å²) in [5, 5.41) is 0. The van der Waals surface area contributed by atoms with Crippen molar-refractivity contribution in [1.29, 1.82) is 0 Å². The molecular formula is C26H38N2S. The van der Waals surface area contributed by atoms with E-state index >= 15 is 0 Å². The number of likely N-dealkylation sites (tertiary alicyclic amines) is 1. The van der Waals surface area contributed by atoms with E-state index in [0.717, 1.165) is 31.3 Å². The first-order valence-electron chi connectivity index (χ1n) is 11.7. The molecule has 158 valence electrons. The zero-order valence-corrected chi connectivity index (χ0v) is 19.5. The van der Waals surface area contributed by atoms with Gasteiger partial charge >= 0.3 is 0 Å². The van der Waals surface area contributed by atoms with Crippen molar-refractivity contribution in [3.63, 3.8) is 0 Å². The number of piperidine rings is 1. The molecule has 1 saturated heterocycles. The molecule has 2 N–H and O–H groups in total. The van der Waals surface area contributed by atoms with E-state index in [0.29, 0.717) is 10.8 Å². The van der Waals surface area contributed by atoms with Gasteiger partial charge in [0.2, 0.25) is 0 Å². The molecule has 1 aromatic rings. The highest BCUT2D eigenvalue weighted by molar-refractivity contribution is 7.80. The summed E-state index contributed by atoms with van der Waals surface area (Å²) < 4.78 is 0. The summed E-state index contributed by atoms with van der Waals surface area (Å²) in [6.07, 6.45) is 7.61. The number of nitrogens with zero attached hydrogens (tertiary/aromatic N) is 1. The number of hydrogen-bond acceptors (Lipinski definition) is 2. The summed E-state index contributed by atoms with van der Waals surface area (Å²) in [4.78, 5) is 3.85. The van der Waals surface area contributed by atoms with E-state index in [9.17, 15) is 0 Å². The molecule has 2 unspecified atom stereocenters. The fourth-order valence-electron chi connectivity index (χ4n) is 7.78. The largest absolute Gasteiger partial charge is 0.365 e. The van der Waals surface area contributed by atoms with Crippen molar-refractivity contribution >= 4 is 17.2 Å². The van der Waals surface area contributed by atoms with Gasteiger partial charge in [-0.1, -0.05) is 70.2 Å². The molecule has 0 amide bonds. The van der Waals surface area contributed by atoms with Gasteiger partial charge in [-0.05, 0) is 72.2 Å². The molecule has 5 fully saturated rings. The second kappa shape index (κ2) is 6.29. The molecule has 4 bridgehead atoms. The Bertz CT molecular complexity index is 793. The van der Waals surface area contributed by atoms with Gasteiger partial charge in [0.1, 0.15) is 0 Å². The molecule has 1 aliphatic heterocycles. The number of hydrogen-bond donors (Lipinski definition) is 1. The number of benzene rings is 1. The smallest absolute Gasteiger partial charge is 0.0842 e. The van der Waals surface area contributed by atoms with Gasteiger partial charge in [0, 0.05) is 24.5 Å². The van der Waals surface area contributed by atoms with E-state index in [4.69, 9.17) is 18.0 Å². The first kappa shape index (κ1) is 20.0. The van der Waals surface area contributed by atoms with Crippen LogP contribution in [0.4, 0.5) is 0 Å². The van der Waals surface area contributed by atoms with Crippen LogP contribution in [0.1, 0.15) is 71.8 Å². The van der Waals surface area contributed by atoms with Crippen molar-refractivity contribution in [2.45, 2.75) is 77.7 Å². The highest BCUT2D eigenvalue weighted by Crippen LogP contribution is 2.71. The molecule has 29 heavy (non-hydrogen) atoms. The van der Waals surface area contributed by atoms with Crippen LogP contribution in [0.5, 0.6) is 0 Å². The topological polar surface area (TPSA) is 29.3 Å². The molecule has 1 heterocycles. The van der Waals surface area contributed by atoms with Crippen LogP contribution in [0.3, 0.4) is 0 Å². The normalized spacial score (nSPS) is 42.1. The van der Waals surface area contributed by atoms with Crippen LogP contribution in [-0.2, 0) is 5.41 Å². The van der Waals surface area contributed by atoms with Crippen LogP contribution in [0.2, 0.25) is 0 Å². The van der Waals surface area contributed by atoms with Crippen molar-refractivity contribution < 1.29 is 0 Å². The van der Waals surface area contributed by atoms with Crippen molar-refractivity contribution in [2.24, 2.45) is 33.8 Å². The van der Waals surface area contributed by atoms with Gasteiger partial charge < -0.3 is 10.6 Å².